The lowest BCUT2D eigenvalue weighted by atomic mass is 9.64. The van der Waals surface area contributed by atoms with Gasteiger partial charge in [-0.2, -0.15) is 0 Å². The maximum Gasteiger partial charge on any atom is 0.255 e. The zero-order valence-corrected chi connectivity index (χ0v) is 18.0. The molecule has 1 heterocycles. The van der Waals surface area contributed by atoms with Crippen LogP contribution in [0.4, 0.5) is 8.78 Å². The fourth-order valence-electron chi connectivity index (χ4n) is 4.81. The highest BCUT2D eigenvalue weighted by Crippen LogP contribution is 2.44. The molecule has 4 nitrogen and oxygen atoms in total. The molecule has 31 heavy (non-hydrogen) atoms. The predicted molar refractivity (Wildman–Crippen MR) is 119 cm³/mol. The number of fused-ring (bicyclic) bond motifs is 1. The van der Waals surface area contributed by atoms with Gasteiger partial charge < -0.3 is 15.5 Å². The van der Waals surface area contributed by atoms with Gasteiger partial charge in [-0.25, -0.2) is 8.78 Å². The van der Waals surface area contributed by atoms with Crippen LogP contribution in [0.2, 0.25) is 5.02 Å². The van der Waals surface area contributed by atoms with Crippen molar-refractivity contribution in [3.63, 3.8) is 0 Å². The van der Waals surface area contributed by atoms with Crippen LogP contribution in [0, 0.1) is 11.6 Å². The predicted octanol–water partition coefficient (Wildman–Crippen LogP) is 5.46. The second-order valence-electron chi connectivity index (χ2n) is 8.29. The third-order valence-electron chi connectivity index (χ3n) is 6.56. The van der Waals surface area contributed by atoms with Crippen LogP contribution in [0.15, 0.2) is 47.4 Å². The Balaban J connectivity index is 1.57. The van der Waals surface area contributed by atoms with E-state index in [1.807, 2.05) is 6.92 Å². The number of halogens is 3. The Labute approximate surface area is 184 Å². The van der Waals surface area contributed by atoms with Crippen molar-refractivity contribution in [2.24, 2.45) is 5.73 Å². The van der Waals surface area contributed by atoms with Crippen molar-refractivity contribution in [1.29, 1.82) is 0 Å². The van der Waals surface area contributed by atoms with Crippen molar-refractivity contribution in [3.05, 3.63) is 75.2 Å². The first kappa shape index (κ1) is 21.8. The minimum Gasteiger partial charge on any atom is -0.489 e. The average Bonchev–Trinajstić information content (AvgIpc) is 2.75. The van der Waals surface area contributed by atoms with Crippen LogP contribution >= 0.6 is 11.6 Å². The zero-order valence-electron chi connectivity index (χ0n) is 17.3. The van der Waals surface area contributed by atoms with E-state index < -0.39 is 17.0 Å². The Bertz CT molecular complexity index is 1140. The molecule has 1 fully saturated rings. The normalized spacial score (nSPS) is 22.4. The summed E-state index contributed by atoms with van der Waals surface area (Å²) in [4.78, 5) is 14.6. The number of pyridine rings is 1. The lowest BCUT2D eigenvalue weighted by molar-refractivity contribution is 0.103. The van der Waals surface area contributed by atoms with Crippen molar-refractivity contribution in [1.82, 2.24) is 4.98 Å². The molecule has 1 aliphatic rings. The van der Waals surface area contributed by atoms with Crippen molar-refractivity contribution >= 4 is 22.4 Å². The van der Waals surface area contributed by atoms with E-state index in [0.717, 1.165) is 6.07 Å². The Hall–Kier alpha value is -2.44. The van der Waals surface area contributed by atoms with Gasteiger partial charge in [-0.15, -0.1) is 0 Å². The zero-order chi connectivity index (χ0) is 22.2. The van der Waals surface area contributed by atoms with Crippen molar-refractivity contribution in [2.75, 3.05) is 0 Å². The third-order valence-corrected chi connectivity index (χ3v) is 6.95. The highest BCUT2D eigenvalue weighted by atomic mass is 35.5. The number of H-pyrrole nitrogens is 1. The molecule has 0 unspecified atom stereocenters. The summed E-state index contributed by atoms with van der Waals surface area (Å²) < 4.78 is 34.1. The Morgan fingerprint density at radius 1 is 1.16 bits per heavy atom. The first-order chi connectivity index (χ1) is 14.8. The molecule has 164 valence electrons. The Morgan fingerprint density at radius 3 is 2.48 bits per heavy atom. The summed E-state index contributed by atoms with van der Waals surface area (Å²) in [6, 6.07) is 8.62. The van der Waals surface area contributed by atoms with Gasteiger partial charge in [0.15, 0.2) is 0 Å². The molecule has 3 aromatic rings. The molecular weight excluding hydrogens is 422 g/mol. The molecular formula is C24H25ClF2N2O2. The summed E-state index contributed by atoms with van der Waals surface area (Å²) in [5.41, 5.74) is 6.38. The molecule has 0 aliphatic heterocycles. The van der Waals surface area contributed by atoms with Crippen molar-refractivity contribution in [2.45, 2.75) is 56.6 Å². The molecule has 0 radical (unpaired) electrons. The van der Waals surface area contributed by atoms with Gasteiger partial charge in [0.1, 0.15) is 17.4 Å². The van der Waals surface area contributed by atoms with Crippen LogP contribution in [-0.4, -0.2) is 17.1 Å². The molecule has 1 aromatic heterocycles. The lowest BCUT2D eigenvalue weighted by Gasteiger charge is -2.44. The molecule has 0 spiro atoms. The molecule has 3 N–H and O–H groups in total. The fourth-order valence-corrected chi connectivity index (χ4v) is 5.09. The maximum atomic E-state index is 13.9. The monoisotopic (exact) mass is 446 g/mol. The summed E-state index contributed by atoms with van der Waals surface area (Å²) in [6.07, 6.45) is 4.81. The molecule has 2 aromatic carbocycles. The van der Waals surface area contributed by atoms with Gasteiger partial charge in [0.05, 0.1) is 11.1 Å². The Morgan fingerprint density at radius 2 is 1.84 bits per heavy atom. The van der Waals surface area contributed by atoms with E-state index in [-0.39, 0.29) is 17.7 Å². The number of rotatable bonds is 5. The Kier molecular flexibility index (Phi) is 6.04. The van der Waals surface area contributed by atoms with Gasteiger partial charge in [-0.1, -0.05) is 18.5 Å². The molecule has 0 saturated heterocycles. The number of aromatic amines is 1. The van der Waals surface area contributed by atoms with Crippen LogP contribution in [0.1, 0.15) is 44.6 Å². The van der Waals surface area contributed by atoms with Gasteiger partial charge >= 0.3 is 0 Å². The minimum absolute atomic E-state index is 0.104. The van der Waals surface area contributed by atoms with Crippen LogP contribution in [0.3, 0.4) is 0 Å². The fraction of sp³-hybridized carbons (Fsp3) is 0.375. The summed E-state index contributed by atoms with van der Waals surface area (Å²) in [5, 5.41) is 1.54. The van der Waals surface area contributed by atoms with Gasteiger partial charge in [0, 0.05) is 34.5 Å². The minimum atomic E-state index is -0.589. The van der Waals surface area contributed by atoms with Gasteiger partial charge in [-0.05, 0) is 68.0 Å². The van der Waals surface area contributed by atoms with E-state index in [1.165, 1.54) is 12.1 Å². The van der Waals surface area contributed by atoms with E-state index in [4.69, 9.17) is 22.1 Å². The van der Waals surface area contributed by atoms with Crippen LogP contribution in [-0.2, 0) is 5.41 Å². The highest BCUT2D eigenvalue weighted by Gasteiger charge is 2.42. The number of benzene rings is 2. The van der Waals surface area contributed by atoms with Crippen LogP contribution < -0.4 is 16.0 Å². The van der Waals surface area contributed by atoms with Crippen LogP contribution in [0.25, 0.3) is 10.8 Å². The van der Waals surface area contributed by atoms with E-state index in [1.54, 1.807) is 24.4 Å². The SMILES string of the molecule is CC[C@@H](N)[C@]1(c2cc(F)cc(F)c2)CC[C@@H](Oc2ccc3c(=O)[nH]ccc3c2Cl)CC1. The number of ether oxygens (including phenoxy) is 1. The molecule has 1 saturated carbocycles. The molecule has 1 atom stereocenters. The third kappa shape index (κ3) is 4.06. The first-order valence-electron chi connectivity index (χ1n) is 10.5. The molecule has 4 rings (SSSR count). The summed E-state index contributed by atoms with van der Waals surface area (Å²) >= 11 is 6.51. The van der Waals surface area contributed by atoms with Crippen molar-refractivity contribution < 1.29 is 13.5 Å². The van der Waals surface area contributed by atoms with E-state index >= 15 is 0 Å². The van der Waals surface area contributed by atoms with Crippen molar-refractivity contribution in [3.8, 4) is 5.75 Å². The lowest BCUT2D eigenvalue weighted by Crippen LogP contribution is -2.49. The van der Waals surface area contributed by atoms with Crippen LogP contribution in [0.5, 0.6) is 5.75 Å². The topological polar surface area (TPSA) is 68.1 Å². The molecule has 0 bridgehead atoms. The summed E-state index contributed by atoms with van der Waals surface area (Å²) in [7, 11) is 0. The number of nitrogens with one attached hydrogen (secondary N) is 1. The first-order valence-corrected chi connectivity index (χ1v) is 10.9. The standard InChI is InChI=1S/C24H25ClF2N2O2/c1-2-21(28)24(14-11-15(26)13-16(27)12-14)8-5-17(6-9-24)31-20-4-3-19-18(22(20)25)7-10-29-23(19)30/h3-4,7,10-13,17,21H,2,5-6,8-9,28H2,1H3,(H,29,30)/t17-,21-,24-/m1/s1. The number of nitrogens with two attached hydrogens (primary N) is 1. The summed E-state index contributed by atoms with van der Waals surface area (Å²) in [6.45, 7) is 1.99. The second-order valence-corrected chi connectivity index (χ2v) is 8.67. The van der Waals surface area contributed by atoms with E-state index in [0.29, 0.717) is 59.2 Å². The quantitative estimate of drug-likeness (QED) is 0.547. The molecule has 7 heteroatoms. The average molecular weight is 447 g/mol. The maximum absolute atomic E-state index is 13.9. The van der Waals surface area contributed by atoms with E-state index in [9.17, 15) is 13.6 Å². The largest absolute Gasteiger partial charge is 0.489 e. The summed E-state index contributed by atoms with van der Waals surface area (Å²) in [5.74, 6) is -0.656. The number of aromatic nitrogens is 1. The number of hydrogen-bond acceptors (Lipinski definition) is 3. The molecule has 0 amide bonds. The smallest absolute Gasteiger partial charge is 0.255 e. The highest BCUT2D eigenvalue weighted by molar-refractivity contribution is 6.37. The van der Waals surface area contributed by atoms with E-state index in [2.05, 4.69) is 4.98 Å². The second kappa shape index (κ2) is 8.60. The number of hydrogen-bond donors (Lipinski definition) is 2. The molecule has 1 aliphatic carbocycles. The van der Waals surface area contributed by atoms with Gasteiger partial charge in [-0.3, -0.25) is 4.79 Å². The van der Waals surface area contributed by atoms with Gasteiger partial charge in [0.25, 0.3) is 5.56 Å². The van der Waals surface area contributed by atoms with Gasteiger partial charge in [0.2, 0.25) is 0 Å².